The number of halogens is 1. The Morgan fingerprint density at radius 1 is 1.60 bits per heavy atom. The Morgan fingerprint density at radius 2 is 2.20 bits per heavy atom. The molecule has 0 saturated carbocycles. The van der Waals surface area contributed by atoms with Gasteiger partial charge >= 0.3 is 0 Å². The average molecular weight is 161 g/mol. The predicted octanol–water partition coefficient (Wildman–Crippen LogP) is 1.68. The van der Waals surface area contributed by atoms with Gasteiger partial charge in [-0.2, -0.15) is 0 Å². The number of carbonyl (C=O) groups is 2. The Morgan fingerprint density at radius 3 is 2.60 bits per heavy atom. The highest BCUT2D eigenvalue weighted by Crippen LogP contribution is 2.00. The van der Waals surface area contributed by atoms with Crippen LogP contribution in [0.2, 0.25) is 0 Å². The molecule has 2 nitrogen and oxygen atoms in total. The smallest absolute Gasteiger partial charge is 0.161 e. The second kappa shape index (κ2) is 5.18. The molecule has 0 bridgehead atoms. The Balaban J connectivity index is 3.52. The molecule has 0 N–H and O–H groups in total. The van der Waals surface area contributed by atoms with Crippen molar-refractivity contribution < 1.29 is 9.59 Å². The first kappa shape index (κ1) is 9.37. The summed E-state index contributed by atoms with van der Waals surface area (Å²) in [6, 6.07) is 0. The van der Waals surface area contributed by atoms with Crippen LogP contribution in [0.25, 0.3) is 0 Å². The van der Waals surface area contributed by atoms with Crippen LogP contribution in [-0.4, -0.2) is 12.1 Å². The van der Waals surface area contributed by atoms with E-state index >= 15 is 0 Å². The van der Waals surface area contributed by atoms with E-state index in [-0.39, 0.29) is 10.8 Å². The third kappa shape index (κ3) is 5.51. The van der Waals surface area contributed by atoms with E-state index in [0.29, 0.717) is 19.1 Å². The molecular weight excluding hydrogens is 152 g/mol. The molecule has 0 aromatic rings. The van der Waals surface area contributed by atoms with Gasteiger partial charge in [0, 0.05) is 6.42 Å². The van der Waals surface area contributed by atoms with Crippen molar-refractivity contribution in [2.24, 2.45) is 0 Å². The lowest BCUT2D eigenvalue weighted by atomic mass is 10.2. The number of hydrogen-bond acceptors (Lipinski definition) is 2. The SMILES string of the molecule is CC(=O)CCC=C(Cl)C=O. The average Bonchev–Trinajstić information content (AvgIpc) is 1.87. The van der Waals surface area contributed by atoms with Crippen LogP contribution in [0.1, 0.15) is 19.8 Å². The number of hydrogen-bond donors (Lipinski definition) is 0. The summed E-state index contributed by atoms with van der Waals surface area (Å²) >= 11 is 5.33. The van der Waals surface area contributed by atoms with Gasteiger partial charge in [0.1, 0.15) is 5.78 Å². The topological polar surface area (TPSA) is 34.1 Å². The minimum atomic E-state index is 0.103. The third-order valence-corrected chi connectivity index (χ3v) is 1.19. The van der Waals surface area contributed by atoms with Crippen molar-refractivity contribution in [3.05, 3.63) is 11.1 Å². The quantitative estimate of drug-likeness (QED) is 0.463. The van der Waals surface area contributed by atoms with Crippen LogP contribution >= 0.6 is 11.6 Å². The first-order chi connectivity index (χ1) is 4.66. The highest BCUT2D eigenvalue weighted by molar-refractivity contribution is 6.38. The summed E-state index contributed by atoms with van der Waals surface area (Å²) in [7, 11) is 0. The summed E-state index contributed by atoms with van der Waals surface area (Å²) in [5, 5.41) is 0.168. The molecule has 0 aliphatic rings. The van der Waals surface area contributed by atoms with Crippen LogP contribution in [0.3, 0.4) is 0 Å². The van der Waals surface area contributed by atoms with E-state index in [4.69, 9.17) is 11.6 Å². The van der Waals surface area contributed by atoms with Crippen molar-refractivity contribution in [3.63, 3.8) is 0 Å². The van der Waals surface area contributed by atoms with Gasteiger partial charge in [-0.3, -0.25) is 4.79 Å². The van der Waals surface area contributed by atoms with E-state index in [0.717, 1.165) is 0 Å². The molecule has 0 aromatic heterocycles. The summed E-state index contributed by atoms with van der Waals surface area (Å²) in [6.45, 7) is 1.50. The van der Waals surface area contributed by atoms with E-state index in [1.54, 1.807) is 0 Å². The van der Waals surface area contributed by atoms with E-state index < -0.39 is 0 Å². The molecule has 0 aliphatic carbocycles. The molecule has 0 spiro atoms. The second-order valence-corrected chi connectivity index (χ2v) is 2.38. The summed E-state index contributed by atoms with van der Waals surface area (Å²) < 4.78 is 0. The molecule has 0 radical (unpaired) electrons. The summed E-state index contributed by atoms with van der Waals surface area (Å²) in [6.07, 6.45) is 3.09. The van der Waals surface area contributed by atoms with Gasteiger partial charge < -0.3 is 4.79 Å². The maximum Gasteiger partial charge on any atom is 0.161 e. The maximum atomic E-state index is 10.4. The molecule has 0 rings (SSSR count). The van der Waals surface area contributed by atoms with Gasteiger partial charge in [-0.05, 0) is 13.3 Å². The fourth-order valence-electron chi connectivity index (χ4n) is 0.461. The molecule has 0 amide bonds. The zero-order valence-corrected chi connectivity index (χ0v) is 6.52. The summed E-state index contributed by atoms with van der Waals surface area (Å²) in [5.41, 5.74) is 0. The first-order valence-corrected chi connectivity index (χ1v) is 3.35. The summed E-state index contributed by atoms with van der Waals surface area (Å²) in [4.78, 5) is 20.2. The van der Waals surface area contributed by atoms with E-state index in [1.165, 1.54) is 13.0 Å². The first-order valence-electron chi connectivity index (χ1n) is 2.97. The lowest BCUT2D eigenvalue weighted by Crippen LogP contribution is -1.87. The van der Waals surface area contributed by atoms with Crippen molar-refractivity contribution in [3.8, 4) is 0 Å². The monoisotopic (exact) mass is 160 g/mol. The van der Waals surface area contributed by atoms with Crippen LogP contribution in [0.15, 0.2) is 11.1 Å². The predicted molar refractivity (Wildman–Crippen MR) is 39.9 cm³/mol. The molecule has 0 heterocycles. The molecule has 3 heteroatoms. The van der Waals surface area contributed by atoms with E-state index in [1.807, 2.05) is 0 Å². The van der Waals surface area contributed by atoms with Gasteiger partial charge in [0.2, 0.25) is 0 Å². The highest BCUT2D eigenvalue weighted by atomic mass is 35.5. The number of aldehydes is 1. The van der Waals surface area contributed by atoms with Crippen LogP contribution < -0.4 is 0 Å². The normalized spacial score (nSPS) is 11.2. The fraction of sp³-hybridized carbons (Fsp3) is 0.429. The maximum absolute atomic E-state index is 10.4. The summed E-state index contributed by atoms with van der Waals surface area (Å²) in [5.74, 6) is 0.103. The minimum Gasteiger partial charge on any atom is -0.300 e. The van der Waals surface area contributed by atoms with Gasteiger partial charge in [0.15, 0.2) is 6.29 Å². The molecule has 10 heavy (non-hydrogen) atoms. The Labute approximate surface area is 64.9 Å². The lowest BCUT2D eigenvalue weighted by molar-refractivity contribution is -0.117. The Hall–Kier alpha value is -0.630. The number of Topliss-reactive ketones (excluding diaryl/α,β-unsaturated/α-hetero) is 1. The van der Waals surface area contributed by atoms with Crippen molar-refractivity contribution in [2.75, 3.05) is 0 Å². The highest BCUT2D eigenvalue weighted by Gasteiger charge is 1.91. The zero-order valence-electron chi connectivity index (χ0n) is 5.76. The van der Waals surface area contributed by atoms with Gasteiger partial charge in [-0.15, -0.1) is 0 Å². The lowest BCUT2D eigenvalue weighted by Gasteiger charge is -1.87. The minimum absolute atomic E-state index is 0.103. The van der Waals surface area contributed by atoms with Gasteiger partial charge in [0.25, 0.3) is 0 Å². The standard InChI is InChI=1S/C7H9ClO2/c1-6(10)3-2-4-7(8)5-9/h4-5H,2-3H2,1H3. The van der Waals surface area contributed by atoms with Crippen molar-refractivity contribution in [1.82, 2.24) is 0 Å². The molecule has 0 saturated heterocycles. The fourth-order valence-corrected chi connectivity index (χ4v) is 0.571. The molecule has 0 aliphatic heterocycles. The van der Waals surface area contributed by atoms with Gasteiger partial charge in [-0.1, -0.05) is 17.7 Å². The van der Waals surface area contributed by atoms with Crippen LogP contribution in [0, 0.1) is 0 Å². The molecule has 0 atom stereocenters. The number of rotatable bonds is 4. The molecule has 56 valence electrons. The van der Waals surface area contributed by atoms with Crippen LogP contribution in [0.4, 0.5) is 0 Å². The largest absolute Gasteiger partial charge is 0.300 e. The number of ketones is 1. The number of carbonyl (C=O) groups excluding carboxylic acids is 2. The third-order valence-electron chi connectivity index (χ3n) is 0.948. The van der Waals surface area contributed by atoms with Gasteiger partial charge in [0.05, 0.1) is 5.03 Å². The Bertz CT molecular complexity index is 161. The van der Waals surface area contributed by atoms with Crippen LogP contribution in [0.5, 0.6) is 0 Å². The second-order valence-electron chi connectivity index (χ2n) is 1.95. The van der Waals surface area contributed by atoms with E-state index in [9.17, 15) is 9.59 Å². The molecule has 0 fully saturated rings. The van der Waals surface area contributed by atoms with Crippen LogP contribution in [-0.2, 0) is 9.59 Å². The molecular formula is C7H9ClO2. The molecule has 0 unspecified atom stereocenters. The van der Waals surface area contributed by atoms with E-state index in [2.05, 4.69) is 0 Å². The number of allylic oxidation sites excluding steroid dienone is 2. The van der Waals surface area contributed by atoms with Gasteiger partial charge in [-0.25, -0.2) is 0 Å². The van der Waals surface area contributed by atoms with Crippen molar-refractivity contribution >= 4 is 23.7 Å². The Kier molecular flexibility index (Phi) is 4.85. The van der Waals surface area contributed by atoms with Crippen molar-refractivity contribution in [1.29, 1.82) is 0 Å². The molecule has 0 aromatic carbocycles. The zero-order chi connectivity index (χ0) is 7.98. The van der Waals surface area contributed by atoms with Crippen molar-refractivity contribution in [2.45, 2.75) is 19.8 Å².